The quantitative estimate of drug-likeness (QED) is 0.717. The molecule has 6 heteroatoms. The van der Waals surface area contributed by atoms with Crippen LogP contribution in [0.5, 0.6) is 0 Å². The van der Waals surface area contributed by atoms with Gasteiger partial charge in [0.15, 0.2) is 0 Å². The third-order valence-corrected chi connectivity index (χ3v) is 5.44. The van der Waals surface area contributed by atoms with E-state index in [4.69, 9.17) is 4.42 Å². The number of benzene rings is 1. The van der Waals surface area contributed by atoms with Crippen molar-refractivity contribution in [2.24, 2.45) is 5.92 Å². The lowest BCUT2D eigenvalue weighted by atomic mass is 10.0. The van der Waals surface area contributed by atoms with Gasteiger partial charge in [-0.2, -0.15) is 0 Å². The molecule has 1 aliphatic heterocycles. The number of rotatable bonds is 8. The predicted octanol–water partition coefficient (Wildman–Crippen LogP) is 3.30. The van der Waals surface area contributed by atoms with Gasteiger partial charge in [-0.25, -0.2) is 0 Å². The molecular formula is C23H31N3O3. The fourth-order valence-corrected chi connectivity index (χ4v) is 3.80. The van der Waals surface area contributed by atoms with Gasteiger partial charge in [0.2, 0.25) is 5.91 Å². The molecule has 0 radical (unpaired) electrons. The largest absolute Gasteiger partial charge is 0.468 e. The first-order valence-electron chi connectivity index (χ1n) is 10.4. The number of carbonyl (C=O) groups is 2. The number of hydrogen-bond acceptors (Lipinski definition) is 4. The minimum Gasteiger partial charge on any atom is -0.468 e. The zero-order chi connectivity index (χ0) is 20.8. The molecule has 2 unspecified atom stereocenters. The van der Waals surface area contributed by atoms with Crippen LogP contribution in [0.3, 0.4) is 0 Å². The summed E-state index contributed by atoms with van der Waals surface area (Å²) in [6.45, 7) is 8.26. The predicted molar refractivity (Wildman–Crippen MR) is 113 cm³/mol. The number of aryl methyl sites for hydroxylation is 1. The second kappa shape index (κ2) is 9.74. The van der Waals surface area contributed by atoms with Crippen LogP contribution in [-0.4, -0.2) is 42.4 Å². The molecule has 29 heavy (non-hydrogen) atoms. The molecule has 2 heterocycles. The van der Waals surface area contributed by atoms with Crippen molar-refractivity contribution in [2.75, 3.05) is 19.6 Å². The Balaban J connectivity index is 1.64. The number of carbonyl (C=O) groups excluding carboxylic acids is 2. The highest BCUT2D eigenvalue weighted by atomic mass is 16.3. The van der Waals surface area contributed by atoms with Crippen LogP contribution in [0.1, 0.15) is 54.4 Å². The van der Waals surface area contributed by atoms with Gasteiger partial charge >= 0.3 is 0 Å². The summed E-state index contributed by atoms with van der Waals surface area (Å²) in [7, 11) is 0. The maximum absolute atomic E-state index is 12.9. The molecule has 0 aliphatic carbocycles. The van der Waals surface area contributed by atoms with E-state index in [2.05, 4.69) is 15.5 Å². The van der Waals surface area contributed by atoms with Crippen LogP contribution in [0.15, 0.2) is 47.1 Å². The third-order valence-electron chi connectivity index (χ3n) is 5.44. The fraction of sp³-hybridized carbons (Fsp3) is 0.478. The second-order valence-corrected chi connectivity index (χ2v) is 8.08. The van der Waals surface area contributed by atoms with Gasteiger partial charge in [0, 0.05) is 12.1 Å². The van der Waals surface area contributed by atoms with Crippen molar-refractivity contribution in [3.05, 3.63) is 59.5 Å². The second-order valence-electron chi connectivity index (χ2n) is 8.08. The minimum atomic E-state index is -0.598. The van der Waals surface area contributed by atoms with E-state index in [-0.39, 0.29) is 23.8 Å². The van der Waals surface area contributed by atoms with Crippen LogP contribution in [0.2, 0.25) is 0 Å². The zero-order valence-electron chi connectivity index (χ0n) is 17.5. The van der Waals surface area contributed by atoms with Gasteiger partial charge in [-0.15, -0.1) is 0 Å². The van der Waals surface area contributed by atoms with Crippen LogP contribution < -0.4 is 10.6 Å². The van der Waals surface area contributed by atoms with E-state index < -0.39 is 6.04 Å². The van der Waals surface area contributed by atoms with Gasteiger partial charge in [-0.05, 0) is 63.0 Å². The van der Waals surface area contributed by atoms with Crippen molar-refractivity contribution in [3.63, 3.8) is 0 Å². The summed E-state index contributed by atoms with van der Waals surface area (Å²) in [5.41, 5.74) is 1.57. The van der Waals surface area contributed by atoms with E-state index in [1.807, 2.05) is 51.1 Å². The standard InChI is InChI=1S/C23H31N3O3/c1-16(2)21(25-22(27)18-9-6-8-17(3)14-18)23(28)24-15-19(20-10-7-13-29-20)26-11-4-5-12-26/h6-10,13-14,16,19,21H,4-5,11-12,15H2,1-3H3,(H,24,28)(H,25,27). The topological polar surface area (TPSA) is 74.6 Å². The number of furan rings is 1. The van der Waals surface area contributed by atoms with Crippen molar-refractivity contribution in [1.29, 1.82) is 0 Å². The molecule has 1 saturated heterocycles. The Kier molecular flexibility index (Phi) is 7.09. The molecule has 6 nitrogen and oxygen atoms in total. The lowest BCUT2D eigenvalue weighted by Gasteiger charge is -2.28. The van der Waals surface area contributed by atoms with E-state index in [1.165, 1.54) is 0 Å². The molecule has 1 aromatic heterocycles. The molecule has 0 bridgehead atoms. The molecule has 0 saturated carbocycles. The molecule has 156 valence electrons. The van der Waals surface area contributed by atoms with E-state index >= 15 is 0 Å². The summed E-state index contributed by atoms with van der Waals surface area (Å²) >= 11 is 0. The molecule has 2 aromatic rings. The highest BCUT2D eigenvalue weighted by molar-refractivity contribution is 5.97. The maximum Gasteiger partial charge on any atom is 0.251 e. The summed E-state index contributed by atoms with van der Waals surface area (Å²) in [4.78, 5) is 27.9. The SMILES string of the molecule is Cc1cccc(C(=O)NC(C(=O)NCC(c2ccco2)N2CCCC2)C(C)C)c1. The average Bonchev–Trinajstić information content (AvgIpc) is 3.40. The Hall–Kier alpha value is -2.60. The van der Waals surface area contributed by atoms with Crippen molar-refractivity contribution in [3.8, 4) is 0 Å². The fourth-order valence-electron chi connectivity index (χ4n) is 3.80. The molecule has 0 spiro atoms. The molecule has 1 aromatic carbocycles. The van der Waals surface area contributed by atoms with Gasteiger partial charge in [0.25, 0.3) is 5.91 Å². The Morgan fingerprint density at radius 2 is 1.90 bits per heavy atom. The smallest absolute Gasteiger partial charge is 0.251 e. The van der Waals surface area contributed by atoms with Crippen molar-refractivity contribution in [1.82, 2.24) is 15.5 Å². The van der Waals surface area contributed by atoms with Crippen LogP contribution in [0, 0.1) is 12.8 Å². The summed E-state index contributed by atoms with van der Waals surface area (Å²) in [6, 6.07) is 10.6. The highest BCUT2D eigenvalue weighted by Crippen LogP contribution is 2.25. The molecule has 1 aliphatic rings. The van der Waals surface area contributed by atoms with Crippen LogP contribution in [-0.2, 0) is 4.79 Å². The summed E-state index contributed by atoms with van der Waals surface area (Å²) in [5.74, 6) is 0.427. The lowest BCUT2D eigenvalue weighted by molar-refractivity contribution is -0.124. The molecule has 2 atom stereocenters. The molecule has 2 amide bonds. The minimum absolute atomic E-state index is 0.0109. The van der Waals surface area contributed by atoms with Crippen LogP contribution in [0.4, 0.5) is 0 Å². The molecule has 3 rings (SSSR count). The monoisotopic (exact) mass is 397 g/mol. The van der Waals surface area contributed by atoms with Crippen molar-refractivity contribution < 1.29 is 14.0 Å². The number of likely N-dealkylation sites (tertiary alicyclic amines) is 1. The van der Waals surface area contributed by atoms with Crippen molar-refractivity contribution >= 4 is 11.8 Å². The number of amides is 2. The lowest BCUT2D eigenvalue weighted by Crippen LogP contribution is -2.51. The first-order valence-corrected chi connectivity index (χ1v) is 10.4. The van der Waals surface area contributed by atoms with E-state index in [1.54, 1.807) is 12.3 Å². The van der Waals surface area contributed by atoms with Crippen molar-refractivity contribution in [2.45, 2.75) is 45.7 Å². The molecular weight excluding hydrogens is 366 g/mol. The Morgan fingerprint density at radius 1 is 1.14 bits per heavy atom. The number of nitrogens with one attached hydrogen (secondary N) is 2. The Bertz CT molecular complexity index is 811. The first kappa shape index (κ1) is 21.1. The highest BCUT2D eigenvalue weighted by Gasteiger charge is 2.29. The van der Waals surface area contributed by atoms with E-state index in [0.717, 1.165) is 37.3 Å². The summed E-state index contributed by atoms with van der Waals surface area (Å²) in [6.07, 6.45) is 3.98. The number of nitrogens with zero attached hydrogens (tertiary/aromatic N) is 1. The van der Waals surface area contributed by atoms with Gasteiger partial charge in [-0.1, -0.05) is 31.5 Å². The Morgan fingerprint density at radius 3 is 2.52 bits per heavy atom. The van der Waals surface area contributed by atoms with Gasteiger partial charge in [-0.3, -0.25) is 14.5 Å². The maximum atomic E-state index is 12.9. The Labute approximate surface area is 172 Å². The van der Waals surface area contributed by atoms with Gasteiger partial charge < -0.3 is 15.1 Å². The molecule has 2 N–H and O–H groups in total. The van der Waals surface area contributed by atoms with E-state index in [9.17, 15) is 9.59 Å². The van der Waals surface area contributed by atoms with E-state index in [0.29, 0.717) is 12.1 Å². The summed E-state index contributed by atoms with van der Waals surface area (Å²) in [5, 5.41) is 5.94. The summed E-state index contributed by atoms with van der Waals surface area (Å²) < 4.78 is 5.62. The molecule has 1 fully saturated rings. The van der Waals surface area contributed by atoms with Crippen LogP contribution >= 0.6 is 0 Å². The first-order chi connectivity index (χ1) is 14.0. The third kappa shape index (κ3) is 5.48. The van der Waals surface area contributed by atoms with Gasteiger partial charge in [0.1, 0.15) is 11.8 Å². The normalized spacial score (nSPS) is 16.6. The van der Waals surface area contributed by atoms with Crippen LogP contribution in [0.25, 0.3) is 0 Å². The zero-order valence-corrected chi connectivity index (χ0v) is 17.5. The average molecular weight is 398 g/mol. The number of hydrogen-bond donors (Lipinski definition) is 2. The van der Waals surface area contributed by atoms with Gasteiger partial charge in [0.05, 0.1) is 12.3 Å².